The zero-order valence-electron chi connectivity index (χ0n) is 13.2. The van der Waals surface area contributed by atoms with Crippen molar-refractivity contribution in [3.8, 4) is 0 Å². The molecular weight excluding hydrogens is 268 g/mol. The average Bonchev–Trinajstić information content (AvgIpc) is 2.47. The van der Waals surface area contributed by atoms with Gasteiger partial charge in [-0.25, -0.2) is 8.78 Å². The van der Waals surface area contributed by atoms with Crippen molar-refractivity contribution in [2.45, 2.75) is 64.8 Å². The van der Waals surface area contributed by atoms with E-state index in [2.05, 4.69) is 19.2 Å². The summed E-state index contributed by atoms with van der Waals surface area (Å²) in [4.78, 5) is 0. The van der Waals surface area contributed by atoms with Gasteiger partial charge in [-0.05, 0) is 55.3 Å². The third kappa shape index (κ3) is 4.26. The molecule has 0 aromatic heterocycles. The Morgan fingerprint density at radius 3 is 2.48 bits per heavy atom. The quantitative estimate of drug-likeness (QED) is 0.791. The molecule has 1 atom stereocenters. The van der Waals surface area contributed by atoms with Crippen molar-refractivity contribution in [2.24, 2.45) is 5.41 Å². The molecule has 1 unspecified atom stereocenters. The fourth-order valence-electron chi connectivity index (χ4n) is 3.49. The molecule has 2 rings (SSSR count). The summed E-state index contributed by atoms with van der Waals surface area (Å²) in [5.74, 6) is -1.50. The van der Waals surface area contributed by atoms with Crippen LogP contribution in [0.4, 0.5) is 8.78 Å². The summed E-state index contributed by atoms with van der Waals surface area (Å²) >= 11 is 0. The maximum atomic E-state index is 13.4. The van der Waals surface area contributed by atoms with Crippen molar-refractivity contribution in [1.82, 2.24) is 5.32 Å². The lowest BCUT2D eigenvalue weighted by Crippen LogP contribution is -2.46. The number of rotatable bonds is 6. The Morgan fingerprint density at radius 2 is 1.86 bits per heavy atom. The predicted molar refractivity (Wildman–Crippen MR) is 83.3 cm³/mol. The highest BCUT2D eigenvalue weighted by Crippen LogP contribution is 2.40. The lowest BCUT2D eigenvalue weighted by molar-refractivity contribution is 0.143. The summed E-state index contributed by atoms with van der Waals surface area (Å²) in [7, 11) is 0. The summed E-state index contributed by atoms with van der Waals surface area (Å²) < 4.78 is 26.5. The van der Waals surface area contributed by atoms with Crippen molar-refractivity contribution in [2.75, 3.05) is 6.54 Å². The summed E-state index contributed by atoms with van der Waals surface area (Å²) in [6.45, 7) is 5.48. The van der Waals surface area contributed by atoms with Crippen LogP contribution in [-0.2, 0) is 6.42 Å². The molecule has 21 heavy (non-hydrogen) atoms. The van der Waals surface area contributed by atoms with Gasteiger partial charge in [0.25, 0.3) is 0 Å². The Labute approximate surface area is 127 Å². The Morgan fingerprint density at radius 1 is 1.14 bits per heavy atom. The molecule has 0 spiro atoms. The minimum absolute atomic E-state index is 0.262. The van der Waals surface area contributed by atoms with Crippen LogP contribution < -0.4 is 5.32 Å². The molecule has 1 aliphatic rings. The minimum Gasteiger partial charge on any atom is -0.313 e. The van der Waals surface area contributed by atoms with E-state index in [0.717, 1.165) is 24.9 Å². The van der Waals surface area contributed by atoms with Gasteiger partial charge in [-0.3, -0.25) is 0 Å². The van der Waals surface area contributed by atoms with Crippen molar-refractivity contribution in [3.05, 3.63) is 35.4 Å². The van der Waals surface area contributed by atoms with Gasteiger partial charge >= 0.3 is 0 Å². The average molecular weight is 295 g/mol. The fourth-order valence-corrected chi connectivity index (χ4v) is 3.49. The summed E-state index contributed by atoms with van der Waals surface area (Å²) in [5, 5.41) is 3.65. The fraction of sp³-hybridized carbons (Fsp3) is 0.667. The second kappa shape index (κ2) is 7.35. The minimum atomic E-state index is -0.763. The van der Waals surface area contributed by atoms with Gasteiger partial charge in [0.05, 0.1) is 0 Å². The largest absolute Gasteiger partial charge is 0.313 e. The maximum absolute atomic E-state index is 13.4. The summed E-state index contributed by atoms with van der Waals surface area (Å²) in [6.07, 6.45) is 8.17. The first-order valence-corrected chi connectivity index (χ1v) is 8.22. The molecule has 1 fully saturated rings. The van der Waals surface area contributed by atoms with Crippen LogP contribution in [0.1, 0.15) is 57.9 Å². The van der Waals surface area contributed by atoms with E-state index >= 15 is 0 Å². The van der Waals surface area contributed by atoms with E-state index in [9.17, 15) is 8.78 Å². The van der Waals surface area contributed by atoms with Gasteiger partial charge < -0.3 is 5.32 Å². The summed E-state index contributed by atoms with van der Waals surface area (Å²) in [6, 6.07) is 4.64. The zero-order chi connectivity index (χ0) is 15.3. The number of halogens is 2. The van der Waals surface area contributed by atoms with Gasteiger partial charge in [0.1, 0.15) is 0 Å². The molecule has 118 valence electrons. The van der Waals surface area contributed by atoms with Gasteiger partial charge in [0.2, 0.25) is 0 Å². The molecule has 0 saturated heterocycles. The topological polar surface area (TPSA) is 12.0 Å². The number of hydrogen-bond donors (Lipinski definition) is 1. The normalized spacial score (nSPS) is 19.4. The van der Waals surface area contributed by atoms with E-state index in [-0.39, 0.29) is 5.41 Å². The van der Waals surface area contributed by atoms with Gasteiger partial charge in [-0.1, -0.05) is 39.2 Å². The summed E-state index contributed by atoms with van der Waals surface area (Å²) in [5.41, 5.74) is 1.15. The van der Waals surface area contributed by atoms with Gasteiger partial charge in [-0.15, -0.1) is 0 Å². The van der Waals surface area contributed by atoms with Crippen LogP contribution in [0.2, 0.25) is 0 Å². The smallest absolute Gasteiger partial charge is 0.159 e. The second-order valence-corrected chi connectivity index (χ2v) is 6.67. The molecule has 0 radical (unpaired) electrons. The molecule has 1 saturated carbocycles. The number of hydrogen-bond acceptors (Lipinski definition) is 1. The standard InChI is InChI=1S/C18H27F2N/c1-3-11-21-17(18(2)9-5-4-6-10-18)13-14-7-8-15(19)16(20)12-14/h7-8,12,17,21H,3-6,9-11,13H2,1-2H3. The first-order chi connectivity index (χ1) is 10.0. The Hall–Kier alpha value is -0.960. The molecule has 0 heterocycles. The monoisotopic (exact) mass is 295 g/mol. The number of nitrogens with one attached hydrogen (secondary N) is 1. The lowest BCUT2D eigenvalue weighted by Gasteiger charge is -2.41. The van der Waals surface area contributed by atoms with E-state index in [1.807, 2.05) is 0 Å². The molecule has 0 bridgehead atoms. The highest BCUT2D eigenvalue weighted by atomic mass is 19.2. The van der Waals surface area contributed by atoms with Crippen molar-refractivity contribution < 1.29 is 8.78 Å². The highest BCUT2D eigenvalue weighted by Gasteiger charge is 2.35. The van der Waals surface area contributed by atoms with Crippen LogP contribution in [0, 0.1) is 17.0 Å². The predicted octanol–water partition coefficient (Wildman–Crippen LogP) is 4.85. The SMILES string of the molecule is CCCNC(Cc1ccc(F)c(F)c1)C1(C)CCCCC1. The first-order valence-electron chi connectivity index (χ1n) is 8.22. The van der Waals surface area contributed by atoms with Crippen LogP contribution in [0.5, 0.6) is 0 Å². The second-order valence-electron chi connectivity index (χ2n) is 6.67. The van der Waals surface area contributed by atoms with Crippen molar-refractivity contribution in [1.29, 1.82) is 0 Å². The Kier molecular flexibility index (Phi) is 5.74. The maximum Gasteiger partial charge on any atom is 0.159 e. The molecule has 1 N–H and O–H groups in total. The highest BCUT2D eigenvalue weighted by molar-refractivity contribution is 5.19. The zero-order valence-corrected chi connectivity index (χ0v) is 13.2. The van der Waals surface area contributed by atoms with Crippen LogP contribution >= 0.6 is 0 Å². The van der Waals surface area contributed by atoms with Gasteiger partial charge in [0, 0.05) is 6.04 Å². The van der Waals surface area contributed by atoms with E-state index in [4.69, 9.17) is 0 Å². The van der Waals surface area contributed by atoms with E-state index < -0.39 is 11.6 Å². The molecule has 3 heteroatoms. The molecule has 0 amide bonds. The molecule has 1 aliphatic carbocycles. The molecule has 1 aromatic rings. The molecular formula is C18H27F2N. The van der Waals surface area contributed by atoms with Crippen molar-refractivity contribution >= 4 is 0 Å². The van der Waals surface area contributed by atoms with E-state index in [1.54, 1.807) is 6.07 Å². The molecule has 0 aliphatic heterocycles. The van der Waals surface area contributed by atoms with E-state index in [0.29, 0.717) is 6.04 Å². The Balaban J connectivity index is 2.13. The van der Waals surface area contributed by atoms with Crippen LogP contribution in [0.3, 0.4) is 0 Å². The van der Waals surface area contributed by atoms with Crippen LogP contribution in [0.25, 0.3) is 0 Å². The third-order valence-electron chi connectivity index (χ3n) is 4.90. The molecule has 1 aromatic carbocycles. The lowest BCUT2D eigenvalue weighted by atomic mass is 9.69. The number of benzene rings is 1. The van der Waals surface area contributed by atoms with Gasteiger partial charge in [0.15, 0.2) is 11.6 Å². The first kappa shape index (κ1) is 16.4. The molecule has 1 nitrogen and oxygen atoms in total. The Bertz CT molecular complexity index is 453. The van der Waals surface area contributed by atoms with E-state index in [1.165, 1.54) is 44.2 Å². The van der Waals surface area contributed by atoms with Crippen LogP contribution in [-0.4, -0.2) is 12.6 Å². The van der Waals surface area contributed by atoms with Crippen molar-refractivity contribution in [3.63, 3.8) is 0 Å². The van der Waals surface area contributed by atoms with Gasteiger partial charge in [-0.2, -0.15) is 0 Å². The van der Waals surface area contributed by atoms with Crippen LogP contribution in [0.15, 0.2) is 18.2 Å². The third-order valence-corrected chi connectivity index (χ3v) is 4.90.